The van der Waals surface area contributed by atoms with Gasteiger partial charge in [0.1, 0.15) is 5.69 Å². The van der Waals surface area contributed by atoms with E-state index in [9.17, 15) is 0 Å². The van der Waals surface area contributed by atoms with Crippen molar-refractivity contribution in [2.45, 2.75) is 19.4 Å². The average Bonchev–Trinajstić information content (AvgIpc) is 2.72. The molecular weight excluding hydrogens is 188 g/mol. The molecule has 0 saturated heterocycles. The number of fused-ring (bicyclic) bond motifs is 3. The van der Waals surface area contributed by atoms with Crippen molar-refractivity contribution >= 4 is 0 Å². The Hall–Kier alpha value is -1.61. The van der Waals surface area contributed by atoms with Crippen LogP contribution in [-0.4, -0.2) is 5.16 Å². The predicted molar refractivity (Wildman–Crippen MR) is 57.2 cm³/mol. The molecule has 1 aliphatic rings. The van der Waals surface area contributed by atoms with Crippen molar-refractivity contribution in [2.24, 2.45) is 5.73 Å². The number of rotatable bonds is 1. The highest BCUT2D eigenvalue weighted by Gasteiger charge is 2.22. The molecule has 2 N–H and O–H groups in total. The lowest BCUT2D eigenvalue weighted by molar-refractivity contribution is 0.422. The van der Waals surface area contributed by atoms with Crippen molar-refractivity contribution in [2.75, 3.05) is 0 Å². The third-order valence-corrected chi connectivity index (χ3v) is 2.97. The third-order valence-electron chi connectivity index (χ3n) is 2.97. The van der Waals surface area contributed by atoms with Gasteiger partial charge in [-0.05, 0) is 18.4 Å². The SMILES string of the molecule is NCc1noc2c1CCc1ccccc1-2. The average molecular weight is 200 g/mol. The normalized spacial score (nSPS) is 13.4. The van der Waals surface area contributed by atoms with Gasteiger partial charge in [-0.25, -0.2) is 0 Å². The Morgan fingerprint density at radius 1 is 1.27 bits per heavy atom. The van der Waals surface area contributed by atoms with Gasteiger partial charge in [0, 0.05) is 17.7 Å². The molecule has 1 heterocycles. The fraction of sp³-hybridized carbons (Fsp3) is 0.250. The number of nitrogens with zero attached hydrogens (tertiary/aromatic N) is 1. The molecular formula is C12H12N2O. The van der Waals surface area contributed by atoms with Gasteiger partial charge in [0.2, 0.25) is 0 Å². The summed E-state index contributed by atoms with van der Waals surface area (Å²) in [6.07, 6.45) is 2.04. The number of benzene rings is 1. The van der Waals surface area contributed by atoms with E-state index in [1.165, 1.54) is 16.7 Å². The molecule has 0 unspecified atom stereocenters. The molecule has 0 bridgehead atoms. The van der Waals surface area contributed by atoms with Crippen molar-refractivity contribution in [3.05, 3.63) is 41.1 Å². The molecule has 0 atom stereocenters. The Balaban J connectivity index is 2.22. The monoisotopic (exact) mass is 200 g/mol. The van der Waals surface area contributed by atoms with E-state index in [0.717, 1.165) is 24.3 Å². The standard InChI is InChI=1S/C12H12N2O/c13-7-11-10-6-5-8-3-1-2-4-9(8)12(10)15-14-11/h1-4H,5-7,13H2. The van der Waals surface area contributed by atoms with Crippen LogP contribution in [0.3, 0.4) is 0 Å². The van der Waals surface area contributed by atoms with Crippen LogP contribution in [0.15, 0.2) is 28.8 Å². The highest BCUT2D eigenvalue weighted by atomic mass is 16.5. The molecule has 0 spiro atoms. The zero-order chi connectivity index (χ0) is 10.3. The summed E-state index contributed by atoms with van der Waals surface area (Å²) in [7, 11) is 0. The van der Waals surface area contributed by atoms with Crippen LogP contribution in [0, 0.1) is 0 Å². The van der Waals surface area contributed by atoms with E-state index in [0.29, 0.717) is 6.54 Å². The van der Waals surface area contributed by atoms with E-state index in [1.54, 1.807) is 0 Å². The molecule has 3 heteroatoms. The van der Waals surface area contributed by atoms with Gasteiger partial charge in [-0.2, -0.15) is 0 Å². The number of hydrogen-bond donors (Lipinski definition) is 1. The van der Waals surface area contributed by atoms with Gasteiger partial charge in [-0.3, -0.25) is 0 Å². The summed E-state index contributed by atoms with van der Waals surface area (Å²) in [4.78, 5) is 0. The number of hydrogen-bond acceptors (Lipinski definition) is 3. The Labute approximate surface area is 87.9 Å². The second-order valence-electron chi connectivity index (χ2n) is 3.80. The summed E-state index contributed by atoms with van der Waals surface area (Å²) in [6.45, 7) is 0.459. The maximum Gasteiger partial charge on any atom is 0.170 e. The number of aryl methyl sites for hydroxylation is 1. The molecule has 0 saturated carbocycles. The molecule has 76 valence electrons. The highest BCUT2D eigenvalue weighted by molar-refractivity contribution is 5.68. The Bertz CT molecular complexity index is 502. The second kappa shape index (κ2) is 3.21. The fourth-order valence-corrected chi connectivity index (χ4v) is 2.19. The molecule has 1 aromatic heterocycles. The van der Waals surface area contributed by atoms with Crippen LogP contribution in [-0.2, 0) is 19.4 Å². The van der Waals surface area contributed by atoms with E-state index in [-0.39, 0.29) is 0 Å². The van der Waals surface area contributed by atoms with Crippen LogP contribution in [0.25, 0.3) is 11.3 Å². The van der Waals surface area contributed by atoms with Crippen molar-refractivity contribution in [3.63, 3.8) is 0 Å². The van der Waals surface area contributed by atoms with Crippen LogP contribution < -0.4 is 5.73 Å². The van der Waals surface area contributed by atoms with Crippen LogP contribution >= 0.6 is 0 Å². The fourth-order valence-electron chi connectivity index (χ4n) is 2.19. The molecule has 1 aliphatic carbocycles. The van der Waals surface area contributed by atoms with Gasteiger partial charge in [-0.1, -0.05) is 29.4 Å². The van der Waals surface area contributed by atoms with E-state index < -0.39 is 0 Å². The highest BCUT2D eigenvalue weighted by Crippen LogP contribution is 2.34. The van der Waals surface area contributed by atoms with Crippen molar-refractivity contribution in [1.29, 1.82) is 0 Å². The first kappa shape index (κ1) is 8.68. The molecule has 0 fully saturated rings. The van der Waals surface area contributed by atoms with E-state index in [4.69, 9.17) is 10.3 Å². The summed E-state index contributed by atoms with van der Waals surface area (Å²) in [5.74, 6) is 0.914. The minimum atomic E-state index is 0.459. The summed E-state index contributed by atoms with van der Waals surface area (Å²) in [5, 5.41) is 4.02. The molecule has 0 radical (unpaired) electrons. The molecule has 0 amide bonds. The largest absolute Gasteiger partial charge is 0.356 e. The van der Waals surface area contributed by atoms with E-state index in [1.807, 2.05) is 6.07 Å². The minimum Gasteiger partial charge on any atom is -0.356 e. The van der Waals surface area contributed by atoms with E-state index in [2.05, 4.69) is 23.4 Å². The molecule has 3 nitrogen and oxygen atoms in total. The van der Waals surface area contributed by atoms with Gasteiger partial charge in [0.05, 0.1) is 0 Å². The first-order chi connectivity index (χ1) is 7.40. The van der Waals surface area contributed by atoms with Crippen LogP contribution in [0.5, 0.6) is 0 Å². The smallest absolute Gasteiger partial charge is 0.170 e. The van der Waals surface area contributed by atoms with Gasteiger partial charge in [0.15, 0.2) is 5.76 Å². The summed E-state index contributed by atoms with van der Waals surface area (Å²) >= 11 is 0. The van der Waals surface area contributed by atoms with Crippen molar-refractivity contribution in [3.8, 4) is 11.3 Å². The Morgan fingerprint density at radius 2 is 2.13 bits per heavy atom. The first-order valence-electron chi connectivity index (χ1n) is 5.16. The lowest BCUT2D eigenvalue weighted by Gasteiger charge is -2.13. The van der Waals surface area contributed by atoms with Gasteiger partial charge < -0.3 is 10.3 Å². The van der Waals surface area contributed by atoms with Crippen LogP contribution in [0.1, 0.15) is 16.8 Å². The van der Waals surface area contributed by atoms with Crippen LogP contribution in [0.2, 0.25) is 0 Å². The topological polar surface area (TPSA) is 52.0 Å². The first-order valence-corrected chi connectivity index (χ1v) is 5.16. The number of nitrogens with two attached hydrogens (primary N) is 1. The molecule has 15 heavy (non-hydrogen) atoms. The zero-order valence-electron chi connectivity index (χ0n) is 8.36. The Morgan fingerprint density at radius 3 is 3.00 bits per heavy atom. The van der Waals surface area contributed by atoms with Crippen LogP contribution in [0.4, 0.5) is 0 Å². The van der Waals surface area contributed by atoms with Gasteiger partial charge in [0.25, 0.3) is 0 Å². The minimum absolute atomic E-state index is 0.459. The lowest BCUT2D eigenvalue weighted by atomic mass is 9.90. The number of aromatic nitrogens is 1. The van der Waals surface area contributed by atoms with Gasteiger partial charge in [-0.15, -0.1) is 0 Å². The maximum absolute atomic E-state index is 5.62. The van der Waals surface area contributed by atoms with E-state index >= 15 is 0 Å². The summed E-state index contributed by atoms with van der Waals surface area (Å²) < 4.78 is 5.37. The predicted octanol–water partition coefficient (Wildman–Crippen LogP) is 1.90. The zero-order valence-corrected chi connectivity index (χ0v) is 8.36. The summed E-state index contributed by atoms with van der Waals surface area (Å²) in [5.41, 5.74) is 10.2. The van der Waals surface area contributed by atoms with Crippen molar-refractivity contribution < 1.29 is 4.52 Å². The summed E-state index contributed by atoms with van der Waals surface area (Å²) in [6, 6.07) is 8.31. The Kier molecular flexibility index (Phi) is 1.86. The maximum atomic E-state index is 5.62. The quantitative estimate of drug-likeness (QED) is 0.764. The van der Waals surface area contributed by atoms with Gasteiger partial charge >= 0.3 is 0 Å². The third kappa shape index (κ3) is 1.20. The molecule has 2 aromatic rings. The van der Waals surface area contributed by atoms with Crippen molar-refractivity contribution in [1.82, 2.24) is 5.16 Å². The second-order valence-corrected chi connectivity index (χ2v) is 3.80. The molecule has 1 aromatic carbocycles. The molecule has 0 aliphatic heterocycles. The lowest BCUT2D eigenvalue weighted by Crippen LogP contribution is -2.06. The molecule has 3 rings (SSSR count).